The monoisotopic (exact) mass is 402 g/mol. The van der Waals surface area contributed by atoms with Crippen LogP contribution in [0.25, 0.3) is 10.9 Å². The summed E-state index contributed by atoms with van der Waals surface area (Å²) in [6.45, 7) is 1.50. The number of fused-ring (bicyclic) bond motifs is 1. The zero-order chi connectivity index (χ0) is 19.7. The van der Waals surface area contributed by atoms with Crippen LogP contribution in [-0.2, 0) is 16.1 Å². The maximum absolute atomic E-state index is 12.7. The van der Waals surface area contributed by atoms with Crippen molar-refractivity contribution >= 4 is 34.5 Å². The summed E-state index contributed by atoms with van der Waals surface area (Å²) in [5.74, 6) is 0.863. The summed E-state index contributed by atoms with van der Waals surface area (Å²) in [5, 5.41) is 0.411. The molecule has 0 saturated carbocycles. The van der Waals surface area contributed by atoms with Crippen LogP contribution in [-0.4, -0.2) is 61.9 Å². The molecule has 2 aliphatic rings. The molecule has 2 fully saturated rings. The molecular weight excluding hydrogens is 380 g/mol. The lowest BCUT2D eigenvalue weighted by molar-refractivity contribution is -0.142. The summed E-state index contributed by atoms with van der Waals surface area (Å²) in [6.07, 6.45) is 2.02. The van der Waals surface area contributed by atoms with E-state index in [2.05, 4.69) is 4.98 Å². The van der Waals surface area contributed by atoms with E-state index in [1.54, 1.807) is 40.9 Å². The Bertz CT molecular complexity index is 1020. The number of para-hydroxylation sites is 1. The first kappa shape index (κ1) is 18.8. The molecule has 1 atom stereocenters. The Morgan fingerprint density at radius 2 is 1.89 bits per heavy atom. The fourth-order valence-electron chi connectivity index (χ4n) is 3.79. The third kappa shape index (κ3) is 3.46. The topological polar surface area (TPSA) is 95.5 Å². The normalized spacial score (nSPS) is 19.5. The maximum Gasteiger partial charge on any atom is 0.328 e. The summed E-state index contributed by atoms with van der Waals surface area (Å²) >= 11 is 1.56. The number of nitrogens with zero attached hydrogens (tertiary/aromatic N) is 3. The minimum Gasteiger partial charge on any atom is -0.341 e. The number of rotatable bonds is 4. The number of aromatic amines is 1. The van der Waals surface area contributed by atoms with Gasteiger partial charge in [-0.05, 0) is 25.0 Å². The smallest absolute Gasteiger partial charge is 0.328 e. The molecule has 4 rings (SSSR count). The number of benzene rings is 1. The molecule has 9 heteroatoms. The summed E-state index contributed by atoms with van der Waals surface area (Å²) in [4.78, 5) is 56.4. The van der Waals surface area contributed by atoms with E-state index < -0.39 is 17.3 Å². The van der Waals surface area contributed by atoms with E-state index in [1.807, 2.05) is 4.90 Å². The second-order valence-corrected chi connectivity index (χ2v) is 8.09. The number of likely N-dealkylation sites (tertiary alicyclic amines) is 1. The van der Waals surface area contributed by atoms with Crippen LogP contribution in [0.5, 0.6) is 0 Å². The predicted molar refractivity (Wildman–Crippen MR) is 107 cm³/mol. The molecule has 2 aromatic rings. The van der Waals surface area contributed by atoms with Gasteiger partial charge >= 0.3 is 5.69 Å². The number of carbonyl (C=O) groups is 2. The molecule has 0 radical (unpaired) electrons. The summed E-state index contributed by atoms with van der Waals surface area (Å²) in [6, 6.07) is 6.35. The van der Waals surface area contributed by atoms with Gasteiger partial charge in [-0.3, -0.25) is 19.0 Å². The van der Waals surface area contributed by atoms with E-state index in [9.17, 15) is 19.2 Å². The summed E-state index contributed by atoms with van der Waals surface area (Å²) in [7, 11) is 0. The van der Waals surface area contributed by atoms with Gasteiger partial charge in [-0.15, -0.1) is 11.8 Å². The van der Waals surface area contributed by atoms with E-state index in [-0.39, 0.29) is 24.8 Å². The Labute approximate surface area is 165 Å². The van der Waals surface area contributed by atoms with Crippen LogP contribution in [0.4, 0.5) is 0 Å². The molecule has 8 nitrogen and oxygen atoms in total. The lowest BCUT2D eigenvalue weighted by Crippen LogP contribution is -2.48. The van der Waals surface area contributed by atoms with Gasteiger partial charge in [0.2, 0.25) is 11.8 Å². The molecule has 3 heterocycles. The molecule has 0 spiro atoms. The number of nitrogens with one attached hydrogen (secondary N) is 1. The third-order valence-electron chi connectivity index (χ3n) is 5.34. The van der Waals surface area contributed by atoms with Crippen molar-refractivity contribution in [1.29, 1.82) is 0 Å². The van der Waals surface area contributed by atoms with Gasteiger partial charge < -0.3 is 14.8 Å². The first-order valence-electron chi connectivity index (χ1n) is 9.44. The van der Waals surface area contributed by atoms with Crippen LogP contribution in [0.1, 0.15) is 19.3 Å². The van der Waals surface area contributed by atoms with Gasteiger partial charge in [0.15, 0.2) is 0 Å². The van der Waals surface area contributed by atoms with Crippen LogP contribution < -0.4 is 11.2 Å². The number of hydrogen-bond acceptors (Lipinski definition) is 5. The molecule has 0 unspecified atom stereocenters. The largest absolute Gasteiger partial charge is 0.341 e. The average molecular weight is 402 g/mol. The molecule has 148 valence electrons. The van der Waals surface area contributed by atoms with Crippen molar-refractivity contribution in [3.05, 3.63) is 45.1 Å². The molecule has 2 saturated heterocycles. The summed E-state index contributed by atoms with van der Waals surface area (Å²) < 4.78 is 1.06. The molecule has 28 heavy (non-hydrogen) atoms. The highest BCUT2D eigenvalue weighted by Crippen LogP contribution is 2.24. The summed E-state index contributed by atoms with van der Waals surface area (Å²) in [5.41, 5.74) is -0.461. The van der Waals surface area contributed by atoms with Crippen LogP contribution in [0, 0.1) is 0 Å². The molecule has 0 bridgehead atoms. The van der Waals surface area contributed by atoms with E-state index in [4.69, 9.17) is 0 Å². The second kappa shape index (κ2) is 7.83. The third-order valence-corrected chi connectivity index (χ3v) is 6.36. The Hall–Kier alpha value is -2.55. The SMILES string of the molecule is O=C([C@@H]1CSCN1C(=O)CCn1c(=O)[nH]c2ccccc2c1=O)N1CCCC1. The first-order valence-corrected chi connectivity index (χ1v) is 10.6. The average Bonchev–Trinajstić information content (AvgIpc) is 3.39. The number of carbonyl (C=O) groups excluding carboxylic acids is 2. The lowest BCUT2D eigenvalue weighted by Gasteiger charge is -2.27. The highest BCUT2D eigenvalue weighted by Gasteiger charge is 2.37. The highest BCUT2D eigenvalue weighted by atomic mass is 32.2. The van der Waals surface area contributed by atoms with Crippen molar-refractivity contribution < 1.29 is 9.59 Å². The number of aromatic nitrogens is 2. The zero-order valence-corrected chi connectivity index (χ0v) is 16.2. The number of thioether (sulfide) groups is 1. The van der Waals surface area contributed by atoms with Crippen molar-refractivity contribution in [2.24, 2.45) is 0 Å². The fraction of sp³-hybridized carbons (Fsp3) is 0.474. The Kier molecular flexibility index (Phi) is 5.25. The molecule has 1 aromatic carbocycles. The highest BCUT2D eigenvalue weighted by molar-refractivity contribution is 7.99. The van der Waals surface area contributed by atoms with Crippen LogP contribution >= 0.6 is 11.8 Å². The van der Waals surface area contributed by atoms with Gasteiger partial charge in [0, 0.05) is 31.8 Å². The maximum atomic E-state index is 12.7. The zero-order valence-electron chi connectivity index (χ0n) is 15.4. The molecule has 2 amide bonds. The van der Waals surface area contributed by atoms with Crippen molar-refractivity contribution in [3.63, 3.8) is 0 Å². The van der Waals surface area contributed by atoms with E-state index in [0.717, 1.165) is 30.5 Å². The minimum absolute atomic E-state index is 0.00562. The first-order chi connectivity index (χ1) is 13.6. The quantitative estimate of drug-likeness (QED) is 0.808. The fourth-order valence-corrected chi connectivity index (χ4v) is 4.97. The lowest BCUT2D eigenvalue weighted by atomic mass is 10.2. The van der Waals surface area contributed by atoms with Crippen LogP contribution in [0.3, 0.4) is 0 Å². The molecule has 1 N–H and O–H groups in total. The van der Waals surface area contributed by atoms with Crippen molar-refractivity contribution in [2.45, 2.75) is 31.8 Å². The van der Waals surface area contributed by atoms with Gasteiger partial charge in [0.05, 0.1) is 16.8 Å². The van der Waals surface area contributed by atoms with Gasteiger partial charge in [0.1, 0.15) is 6.04 Å². The number of H-pyrrole nitrogens is 1. The Morgan fingerprint density at radius 3 is 2.68 bits per heavy atom. The standard InChI is InChI=1S/C19H22N4O4S/c24-16(23-12-28-11-15(23)18(26)21-8-3-4-9-21)7-10-22-17(25)13-5-1-2-6-14(13)20-19(22)27/h1-2,5-6,15H,3-4,7-12H2,(H,20,27)/t15-/m0/s1. The predicted octanol–water partition coefficient (Wildman–Crippen LogP) is 0.604. The van der Waals surface area contributed by atoms with Crippen LogP contribution in [0.2, 0.25) is 0 Å². The van der Waals surface area contributed by atoms with Crippen molar-refractivity contribution in [2.75, 3.05) is 24.7 Å². The van der Waals surface area contributed by atoms with Gasteiger partial charge in [-0.2, -0.15) is 0 Å². The van der Waals surface area contributed by atoms with Gasteiger partial charge in [0.25, 0.3) is 5.56 Å². The van der Waals surface area contributed by atoms with Crippen molar-refractivity contribution in [3.8, 4) is 0 Å². The van der Waals surface area contributed by atoms with E-state index in [1.165, 1.54) is 0 Å². The Balaban J connectivity index is 1.48. The molecule has 1 aromatic heterocycles. The van der Waals surface area contributed by atoms with Crippen molar-refractivity contribution in [1.82, 2.24) is 19.4 Å². The van der Waals surface area contributed by atoms with Gasteiger partial charge in [-0.1, -0.05) is 12.1 Å². The number of hydrogen-bond donors (Lipinski definition) is 1. The second-order valence-electron chi connectivity index (χ2n) is 7.09. The molecule has 2 aliphatic heterocycles. The number of amides is 2. The Morgan fingerprint density at radius 1 is 1.14 bits per heavy atom. The van der Waals surface area contributed by atoms with Crippen LogP contribution in [0.15, 0.2) is 33.9 Å². The van der Waals surface area contributed by atoms with E-state index >= 15 is 0 Å². The molecule has 0 aliphatic carbocycles. The molecular formula is C19H22N4O4S. The van der Waals surface area contributed by atoms with Gasteiger partial charge in [-0.25, -0.2) is 4.79 Å². The minimum atomic E-state index is -0.531. The van der Waals surface area contributed by atoms with E-state index in [0.29, 0.717) is 22.5 Å².